The van der Waals surface area contributed by atoms with Gasteiger partial charge in [-0.15, -0.1) is 0 Å². The lowest BCUT2D eigenvalue weighted by molar-refractivity contribution is -0.191. The summed E-state index contributed by atoms with van der Waals surface area (Å²) in [5.41, 5.74) is 0.967. The number of hydrogen-bond donors (Lipinski definition) is 1. The molecule has 2 rings (SSSR count). The quantitative estimate of drug-likeness (QED) is 0.815. The van der Waals surface area contributed by atoms with E-state index in [2.05, 4.69) is 9.62 Å². The summed E-state index contributed by atoms with van der Waals surface area (Å²) in [6, 6.07) is 5.84. The van der Waals surface area contributed by atoms with Crippen LogP contribution in [-0.4, -0.2) is 63.6 Å². The van der Waals surface area contributed by atoms with Crippen LogP contribution in [0.5, 0.6) is 0 Å². The zero-order valence-corrected chi connectivity index (χ0v) is 13.8. The normalized spacial score (nSPS) is 15.1. The van der Waals surface area contributed by atoms with Gasteiger partial charge in [-0.3, -0.25) is 0 Å². The molecule has 126 valence electrons. The number of rotatable bonds is 2. The van der Waals surface area contributed by atoms with Crippen LogP contribution in [0, 0.1) is 6.92 Å². The second-order valence-electron chi connectivity index (χ2n) is 5.10. The summed E-state index contributed by atoms with van der Waals surface area (Å²) in [4.78, 5) is 31.9. The van der Waals surface area contributed by atoms with Crippen molar-refractivity contribution in [2.45, 2.75) is 11.8 Å². The molecule has 1 saturated heterocycles. The van der Waals surface area contributed by atoms with E-state index in [1.807, 2.05) is 14.0 Å². The highest BCUT2D eigenvalue weighted by molar-refractivity contribution is 7.90. The molecule has 1 fully saturated rings. The lowest BCUT2D eigenvalue weighted by atomic mass is 10.2. The van der Waals surface area contributed by atoms with Gasteiger partial charge in [-0.25, -0.2) is 17.9 Å². The third-order valence-corrected chi connectivity index (χ3v) is 4.68. The molecule has 1 heterocycles. The first-order valence-corrected chi connectivity index (χ1v) is 8.34. The van der Waals surface area contributed by atoms with Crippen LogP contribution in [0.25, 0.3) is 0 Å². The highest BCUT2D eigenvalue weighted by Crippen LogP contribution is 2.10. The van der Waals surface area contributed by atoms with E-state index < -0.39 is 16.1 Å². The van der Waals surface area contributed by atoms with E-state index >= 15 is 0 Å². The van der Waals surface area contributed by atoms with Crippen LogP contribution >= 0.6 is 0 Å². The molecule has 0 unspecified atom stereocenters. The maximum absolute atomic E-state index is 12.1. The Kier molecular flexibility index (Phi) is 6.89. The van der Waals surface area contributed by atoms with E-state index in [1.54, 1.807) is 12.1 Å². The van der Waals surface area contributed by atoms with Gasteiger partial charge in [0, 0.05) is 26.2 Å². The number of piperazine rings is 1. The first kappa shape index (κ1) is 18.8. The summed E-state index contributed by atoms with van der Waals surface area (Å²) in [5.74, 6) is 0. The SMILES string of the molecule is Cc1ccc(S(=O)(=O)NC(=O)N2CCN(C)CC2)cc1.O=C=O. The zero-order valence-electron chi connectivity index (χ0n) is 13.0. The van der Waals surface area contributed by atoms with Gasteiger partial charge in [-0.2, -0.15) is 9.59 Å². The Morgan fingerprint density at radius 2 is 1.57 bits per heavy atom. The fourth-order valence-corrected chi connectivity index (χ4v) is 2.94. The third kappa shape index (κ3) is 5.82. The number of nitrogens with zero attached hydrogens (tertiary/aromatic N) is 2. The maximum atomic E-state index is 12.1. The minimum Gasteiger partial charge on any atom is -0.321 e. The summed E-state index contributed by atoms with van der Waals surface area (Å²) < 4.78 is 26.3. The molecule has 1 aromatic rings. The molecule has 0 radical (unpaired) electrons. The second-order valence-corrected chi connectivity index (χ2v) is 6.78. The minimum absolute atomic E-state index is 0.102. The van der Waals surface area contributed by atoms with E-state index in [0.717, 1.165) is 18.7 Å². The van der Waals surface area contributed by atoms with Crippen LogP contribution in [0.4, 0.5) is 4.79 Å². The molecule has 8 nitrogen and oxygen atoms in total. The van der Waals surface area contributed by atoms with Crippen molar-refractivity contribution in [3.8, 4) is 0 Å². The van der Waals surface area contributed by atoms with Crippen molar-refractivity contribution < 1.29 is 22.8 Å². The van der Waals surface area contributed by atoms with Crippen molar-refractivity contribution >= 4 is 22.2 Å². The molecule has 0 atom stereocenters. The molecular weight excluding hydrogens is 322 g/mol. The number of nitrogens with one attached hydrogen (secondary N) is 1. The van der Waals surface area contributed by atoms with Gasteiger partial charge in [0.05, 0.1) is 4.90 Å². The van der Waals surface area contributed by atoms with Gasteiger partial charge in [0.2, 0.25) is 0 Å². The predicted molar refractivity (Wildman–Crippen MR) is 81.0 cm³/mol. The third-order valence-electron chi connectivity index (χ3n) is 3.34. The predicted octanol–water partition coefficient (Wildman–Crippen LogP) is 0.0572. The van der Waals surface area contributed by atoms with Crippen molar-refractivity contribution in [2.24, 2.45) is 0 Å². The number of likely N-dealkylation sites (N-methyl/N-ethyl adjacent to an activating group) is 1. The summed E-state index contributed by atoms with van der Waals surface area (Å²) >= 11 is 0. The number of benzene rings is 1. The molecule has 23 heavy (non-hydrogen) atoms. The Bertz CT molecular complexity index is 658. The smallest absolute Gasteiger partial charge is 0.321 e. The highest BCUT2D eigenvalue weighted by Gasteiger charge is 2.24. The maximum Gasteiger partial charge on any atom is 0.373 e. The molecule has 1 aliphatic rings. The van der Waals surface area contributed by atoms with Crippen molar-refractivity contribution in [3.05, 3.63) is 29.8 Å². The number of sulfonamides is 1. The summed E-state index contributed by atoms with van der Waals surface area (Å²) in [6.45, 7) is 4.44. The average molecular weight is 341 g/mol. The molecule has 1 aromatic carbocycles. The molecule has 0 bridgehead atoms. The molecule has 9 heteroatoms. The van der Waals surface area contributed by atoms with Gasteiger partial charge in [-0.05, 0) is 26.1 Å². The van der Waals surface area contributed by atoms with Gasteiger partial charge in [0.15, 0.2) is 0 Å². The lowest BCUT2D eigenvalue weighted by Crippen LogP contribution is -2.51. The number of aryl methyl sites for hydroxylation is 1. The van der Waals surface area contributed by atoms with Crippen LogP contribution in [0.1, 0.15) is 5.56 Å². The van der Waals surface area contributed by atoms with Gasteiger partial charge in [0.1, 0.15) is 0 Å². The summed E-state index contributed by atoms with van der Waals surface area (Å²) in [5, 5.41) is 0. The van der Waals surface area contributed by atoms with Crippen molar-refractivity contribution in [3.63, 3.8) is 0 Å². The van der Waals surface area contributed by atoms with Gasteiger partial charge < -0.3 is 9.80 Å². The fourth-order valence-electron chi connectivity index (χ4n) is 1.97. The number of amides is 2. The van der Waals surface area contributed by atoms with Crippen LogP contribution in [-0.2, 0) is 19.6 Å². The van der Waals surface area contributed by atoms with Gasteiger partial charge in [-0.1, -0.05) is 17.7 Å². The Morgan fingerprint density at radius 1 is 1.09 bits per heavy atom. The standard InChI is InChI=1S/C13H19N3O3S.CO2/c1-11-3-5-12(6-4-11)20(18,19)14-13(17)16-9-7-15(2)8-10-16;2-1-3/h3-6H,7-10H2,1-2H3,(H,14,17);. The Labute approximate surface area is 135 Å². The van der Waals surface area contributed by atoms with Crippen LogP contribution in [0.3, 0.4) is 0 Å². The number of hydrogen-bond acceptors (Lipinski definition) is 6. The summed E-state index contributed by atoms with van der Waals surface area (Å²) in [7, 11) is -1.82. The minimum atomic E-state index is -3.79. The topological polar surface area (TPSA) is 104 Å². The van der Waals surface area contributed by atoms with Gasteiger partial charge >= 0.3 is 12.2 Å². The fraction of sp³-hybridized carbons (Fsp3) is 0.429. The molecule has 1 aliphatic heterocycles. The zero-order chi connectivity index (χ0) is 17.5. The lowest BCUT2D eigenvalue weighted by Gasteiger charge is -2.32. The Balaban J connectivity index is 0.000000816. The van der Waals surface area contributed by atoms with E-state index in [-0.39, 0.29) is 11.0 Å². The van der Waals surface area contributed by atoms with Crippen molar-refractivity contribution in [1.29, 1.82) is 0 Å². The van der Waals surface area contributed by atoms with Crippen LogP contribution < -0.4 is 4.72 Å². The number of urea groups is 1. The first-order valence-electron chi connectivity index (χ1n) is 6.86. The highest BCUT2D eigenvalue weighted by atomic mass is 32.2. The van der Waals surface area contributed by atoms with Crippen molar-refractivity contribution in [1.82, 2.24) is 14.5 Å². The molecule has 1 N–H and O–H groups in total. The molecule has 0 spiro atoms. The Hall–Kier alpha value is -2.22. The molecule has 0 aliphatic carbocycles. The Morgan fingerprint density at radius 3 is 2.04 bits per heavy atom. The van der Waals surface area contributed by atoms with Gasteiger partial charge in [0.25, 0.3) is 10.0 Å². The monoisotopic (exact) mass is 341 g/mol. The first-order chi connectivity index (χ1) is 10.8. The molecular formula is C14H19N3O5S. The van der Waals surface area contributed by atoms with E-state index in [9.17, 15) is 13.2 Å². The van der Waals surface area contributed by atoms with Crippen LogP contribution in [0.2, 0.25) is 0 Å². The molecule has 0 saturated carbocycles. The number of carbonyl (C=O) groups is 1. The molecule has 2 amide bonds. The van der Waals surface area contributed by atoms with E-state index in [1.165, 1.54) is 17.0 Å². The van der Waals surface area contributed by atoms with E-state index in [0.29, 0.717) is 13.1 Å². The van der Waals surface area contributed by atoms with E-state index in [4.69, 9.17) is 9.59 Å². The number of carbonyl (C=O) groups excluding carboxylic acids is 3. The average Bonchev–Trinajstić information content (AvgIpc) is 2.48. The van der Waals surface area contributed by atoms with Crippen LogP contribution in [0.15, 0.2) is 29.2 Å². The van der Waals surface area contributed by atoms with Crippen molar-refractivity contribution in [2.75, 3.05) is 33.2 Å². The summed E-state index contributed by atoms with van der Waals surface area (Å²) in [6.07, 6.45) is 0.250. The molecule has 0 aromatic heterocycles. The second kappa shape index (κ2) is 8.42. The largest absolute Gasteiger partial charge is 0.373 e.